The molecule has 8 aromatic heterocycles. The lowest BCUT2D eigenvalue weighted by Crippen LogP contribution is -2.28. The van der Waals surface area contributed by atoms with Gasteiger partial charge in [-0.25, -0.2) is 38.4 Å². The third-order valence-electron chi connectivity index (χ3n) is 8.49. The van der Waals surface area contributed by atoms with Crippen LogP contribution < -0.4 is 90.0 Å². The Balaban J connectivity index is 0.000000493. The Labute approximate surface area is 504 Å². The van der Waals surface area contributed by atoms with Crippen molar-refractivity contribution >= 4 is 77.2 Å². The van der Waals surface area contributed by atoms with Gasteiger partial charge >= 0.3 is 51.7 Å². The number of aromatic amines is 16. The fraction of sp³-hybridized carbons (Fsp3) is 0.109. The summed E-state index contributed by atoms with van der Waals surface area (Å²) in [6.45, 7) is 8.80. The van der Waals surface area contributed by atoms with Gasteiger partial charge < -0.3 is 39.9 Å². The van der Waals surface area contributed by atoms with Gasteiger partial charge in [0, 0.05) is 77.0 Å². The van der Waals surface area contributed by atoms with Crippen molar-refractivity contribution in [2.45, 2.75) is 32.4 Å². The molecule has 86 heavy (non-hydrogen) atoms. The van der Waals surface area contributed by atoms with Crippen LogP contribution in [0.2, 0.25) is 0 Å². The second kappa shape index (κ2) is 37.4. The van der Waals surface area contributed by atoms with E-state index in [2.05, 4.69) is 124 Å². The highest BCUT2D eigenvalue weighted by Crippen LogP contribution is 2.24. The lowest BCUT2D eigenvalue weighted by Gasteiger charge is -2.02. The summed E-state index contributed by atoms with van der Waals surface area (Å²) in [6, 6.07) is 1.61. The smallest absolute Gasteiger partial charge is 0.314 e. The molecule has 16 N–H and O–H groups in total. The number of aromatic nitrogens is 16. The van der Waals surface area contributed by atoms with Crippen LogP contribution in [-0.4, -0.2) is 79.7 Å². The minimum atomic E-state index is -4.74. The van der Waals surface area contributed by atoms with Crippen molar-refractivity contribution in [2.24, 2.45) is 0 Å². The number of nitriles is 1. The van der Waals surface area contributed by atoms with Crippen LogP contribution in [-0.2, 0) is 6.18 Å². The molecule has 0 aliphatic heterocycles. The molecule has 40 heteroatoms. The molecular weight excluding hydrogens is 1430 g/mol. The molecule has 0 radical (unpaired) electrons. The highest BCUT2D eigenvalue weighted by atomic mass is 127. The average molecular weight is 1460 g/mol. The molecule has 452 valence electrons. The molecule has 0 spiro atoms. The van der Waals surface area contributed by atoms with Crippen molar-refractivity contribution in [3.05, 3.63) is 271 Å². The SMILES string of the molecule is C=C(Cl)c1c[nH]c(=O)[nH]c1=O.C=Cc1c[nH]c(=O)[nH]c1=O.CCCCC#Cc1c[nH]c(=O)[nH]c1=O.N#Cc1c[nH]c(=O)[nH]c1=O.O=c1[nH]cc(Br)c(=O)[nH]1.O=c1[nH]cc(C#CBr)c(=O)[nH]1.O=c1[nH]cc(C(F)(F)F)c(=O)[nH]1.O=c1[nH]cc(I)c(=O)[nH]1. The zero-order valence-corrected chi connectivity index (χ0v) is 48.9. The first-order valence-corrected chi connectivity index (χ1v) is 25.3. The third kappa shape index (κ3) is 28.3. The normalized spacial score (nSPS) is 9.48. The molecule has 0 aliphatic carbocycles. The zero-order chi connectivity index (χ0) is 65.3. The number of nitrogens with one attached hydrogen (secondary N) is 16. The number of rotatable bonds is 4. The predicted octanol–water partition coefficient (Wildman–Crippen LogP) is -1.14. The Bertz CT molecular complexity index is 4790. The Kier molecular flexibility index (Phi) is 31.9. The van der Waals surface area contributed by atoms with E-state index in [4.69, 9.17) is 16.9 Å². The number of unbranched alkanes of at least 4 members (excludes halogenated alkanes) is 2. The van der Waals surface area contributed by atoms with Crippen LogP contribution >= 0.6 is 66.1 Å². The van der Waals surface area contributed by atoms with E-state index < -0.39 is 96.2 Å². The Hall–Kier alpha value is -10.7. The Morgan fingerprint density at radius 1 is 0.547 bits per heavy atom. The van der Waals surface area contributed by atoms with E-state index in [1.54, 1.807) is 11.1 Å². The van der Waals surface area contributed by atoms with E-state index in [-0.39, 0.29) is 27.3 Å². The monoisotopic (exact) mass is 1460 g/mol. The highest BCUT2D eigenvalue weighted by Gasteiger charge is 2.34. The van der Waals surface area contributed by atoms with Crippen LogP contribution in [0.3, 0.4) is 0 Å². The quantitative estimate of drug-likeness (QED) is 0.0563. The molecule has 33 nitrogen and oxygen atoms in total. The van der Waals surface area contributed by atoms with E-state index in [1.807, 2.05) is 42.5 Å². The summed E-state index contributed by atoms with van der Waals surface area (Å²) >= 11 is 13.0. The maximum absolute atomic E-state index is 11.8. The fourth-order valence-electron chi connectivity index (χ4n) is 4.56. The fourth-order valence-corrected chi connectivity index (χ4v) is 5.42. The summed E-state index contributed by atoms with van der Waals surface area (Å²) in [5.74, 6) is 8.04. The van der Waals surface area contributed by atoms with Crippen LogP contribution in [0.5, 0.6) is 0 Å². The van der Waals surface area contributed by atoms with Gasteiger partial charge in [-0.05, 0) is 55.7 Å². The van der Waals surface area contributed by atoms with Gasteiger partial charge in [0.25, 0.3) is 44.5 Å². The molecule has 0 saturated carbocycles. The Morgan fingerprint density at radius 3 is 1.29 bits per heavy atom. The van der Waals surface area contributed by atoms with Crippen LogP contribution in [0.1, 0.15) is 59.6 Å². The molecule has 0 bridgehead atoms. The number of H-pyrrole nitrogens is 16. The summed E-state index contributed by atoms with van der Waals surface area (Å²) in [5, 5.41) is 8.32. The van der Waals surface area contributed by atoms with E-state index in [1.165, 1.54) is 48.2 Å². The lowest BCUT2D eigenvalue weighted by atomic mass is 10.2. The van der Waals surface area contributed by atoms with Crippen molar-refractivity contribution in [3.63, 3.8) is 0 Å². The molecule has 0 unspecified atom stereocenters. The summed E-state index contributed by atoms with van der Waals surface area (Å²) < 4.78 is 36.3. The minimum absolute atomic E-state index is 0.0976. The predicted molar refractivity (Wildman–Crippen MR) is 319 cm³/mol. The maximum Gasteiger partial charge on any atom is 0.423 e. The van der Waals surface area contributed by atoms with E-state index in [9.17, 15) is 89.9 Å². The molecule has 8 heterocycles. The molecule has 0 saturated heterocycles. The maximum atomic E-state index is 11.8. The largest absolute Gasteiger partial charge is 0.423 e. The standard InChI is InChI=1S/C10H12N2O2.C6H3BrN2O2.C6H5ClN2O2.C6H6N2O2.C5H3F3N2O2.C5H3N3O2.C4H3BrN2O2.C4H3IN2O2/c1-2-3-4-5-6-8-7-11-10(14)12-9(8)13;7-2-1-4-3-8-6(11)9-5(4)10;1-3(7)4-2-8-6(11)9-5(4)10;1-2-4-3-7-6(10)8-5(4)9;6-5(7,8)2-1-9-4(12)10-3(2)11;6-1-3-2-7-5(10)8-4(3)9;2*5-2-1-6-4(9)7-3(2)8/h7H,2-4H2,1H3,(H2,11,12,13,14);3H,(H2,8,9,10,11);2H,1H2,(H2,8,9,10,11);2-3H,1H2,(H2,7,8,9,10);1H,(H2,9,10,11,12);2H,(H2,7,8,9,10);2*1H,(H2,6,7,8,9). The highest BCUT2D eigenvalue weighted by molar-refractivity contribution is 14.1. The first-order chi connectivity index (χ1) is 40.4. The molecule has 8 aromatic rings. The molecule has 0 aromatic carbocycles. The number of nitrogens with zero attached hydrogens (tertiary/aromatic N) is 1. The molecular formula is C46H38Br2ClF3IN17O16. The number of alkyl halides is 3. The first kappa shape index (κ1) is 73.3. The minimum Gasteiger partial charge on any atom is -0.314 e. The van der Waals surface area contributed by atoms with Crippen LogP contribution in [0, 0.1) is 37.5 Å². The molecule has 0 fully saturated rings. The third-order valence-corrected chi connectivity index (χ3v) is 10.3. The average Bonchev–Trinajstić information content (AvgIpc) is 3.08. The first-order valence-electron chi connectivity index (χ1n) is 22.3. The van der Waals surface area contributed by atoms with Gasteiger partial charge in [0.05, 0.1) is 19.2 Å². The summed E-state index contributed by atoms with van der Waals surface area (Å²) in [7, 11) is 0. The molecule has 0 atom stereocenters. The van der Waals surface area contributed by atoms with Gasteiger partial charge in [-0.2, -0.15) is 18.4 Å². The topological polar surface area (TPSA) is 550 Å². The second-order valence-electron chi connectivity index (χ2n) is 14.6. The van der Waals surface area contributed by atoms with Gasteiger partial charge in [-0.1, -0.05) is 56.0 Å². The van der Waals surface area contributed by atoms with Crippen molar-refractivity contribution in [1.82, 2.24) is 79.7 Å². The van der Waals surface area contributed by atoms with Crippen LogP contribution in [0.25, 0.3) is 11.1 Å². The Morgan fingerprint density at radius 2 is 0.930 bits per heavy atom. The van der Waals surface area contributed by atoms with Gasteiger partial charge in [-0.15, -0.1) is 0 Å². The number of hydrogen-bond acceptors (Lipinski definition) is 17. The molecule has 0 amide bonds. The number of hydrogen-bond donors (Lipinski definition) is 16. The van der Waals surface area contributed by atoms with Gasteiger partial charge in [0.1, 0.15) is 28.3 Å². The lowest BCUT2D eigenvalue weighted by molar-refractivity contribution is -0.139. The summed E-state index contributed by atoms with van der Waals surface area (Å²) in [5.41, 5.74) is -9.83. The number of halogens is 7. The molecule has 0 aliphatic rings. The van der Waals surface area contributed by atoms with E-state index >= 15 is 0 Å². The van der Waals surface area contributed by atoms with Gasteiger partial charge in [-0.3, -0.25) is 78.2 Å². The van der Waals surface area contributed by atoms with Crippen LogP contribution in [0.4, 0.5) is 13.2 Å². The summed E-state index contributed by atoms with van der Waals surface area (Å²) in [4.78, 5) is 205. The van der Waals surface area contributed by atoms with Crippen molar-refractivity contribution in [1.29, 1.82) is 5.26 Å². The summed E-state index contributed by atoms with van der Waals surface area (Å²) in [6.07, 6.45) is 8.69. The zero-order valence-electron chi connectivity index (χ0n) is 42.9. The van der Waals surface area contributed by atoms with E-state index in [0.29, 0.717) is 25.4 Å². The van der Waals surface area contributed by atoms with Gasteiger partial charge in [0.2, 0.25) is 0 Å². The van der Waals surface area contributed by atoms with Crippen molar-refractivity contribution in [2.75, 3.05) is 0 Å². The van der Waals surface area contributed by atoms with Crippen molar-refractivity contribution in [3.8, 4) is 28.7 Å². The van der Waals surface area contributed by atoms with E-state index in [0.717, 1.165) is 25.5 Å². The second-order valence-corrected chi connectivity index (χ2v) is 17.5. The molecule has 8 rings (SSSR count). The van der Waals surface area contributed by atoms with Crippen molar-refractivity contribution < 1.29 is 13.2 Å². The van der Waals surface area contributed by atoms with Crippen LogP contribution in [0.15, 0.2) is 144 Å². The van der Waals surface area contributed by atoms with Gasteiger partial charge in [0.15, 0.2) is 0 Å².